The van der Waals surface area contributed by atoms with Crippen LogP contribution in [0.25, 0.3) is 0 Å². The predicted molar refractivity (Wildman–Crippen MR) is 58.1 cm³/mol. The zero-order valence-electron chi connectivity index (χ0n) is 9.02. The van der Waals surface area contributed by atoms with Gasteiger partial charge in [0, 0.05) is 13.1 Å². The van der Waals surface area contributed by atoms with E-state index in [1.165, 1.54) is 64.8 Å². The average molecular weight is 184 g/mol. The van der Waals surface area contributed by atoms with Crippen molar-refractivity contribution in [3.05, 3.63) is 0 Å². The smallest absolute Gasteiger partial charge is 0.0107 e. The van der Waals surface area contributed by atoms with E-state index in [1.807, 2.05) is 0 Å². The van der Waals surface area contributed by atoms with E-state index in [-0.39, 0.29) is 0 Å². The molecule has 2 nitrogen and oxygen atoms in total. The number of nitrogens with zero attached hydrogens (tertiary/aromatic N) is 1. The maximum Gasteiger partial charge on any atom is 0.0107 e. The zero-order chi connectivity index (χ0) is 9.36. The van der Waals surface area contributed by atoms with Gasteiger partial charge >= 0.3 is 0 Å². The fraction of sp³-hybridized carbons (Fsp3) is 1.00. The topological polar surface area (TPSA) is 15.3 Å². The molecule has 13 heavy (non-hydrogen) atoms. The highest BCUT2D eigenvalue weighted by Crippen LogP contribution is 2.02. The summed E-state index contributed by atoms with van der Waals surface area (Å²) >= 11 is 0. The number of hydrogen-bond donors (Lipinski definition) is 1. The molecule has 78 valence electrons. The van der Waals surface area contributed by atoms with E-state index in [1.54, 1.807) is 0 Å². The van der Waals surface area contributed by atoms with Crippen molar-refractivity contribution in [3.63, 3.8) is 0 Å². The summed E-state index contributed by atoms with van der Waals surface area (Å²) in [5.41, 5.74) is 0. The van der Waals surface area contributed by atoms with Crippen LogP contribution in [0.3, 0.4) is 0 Å². The first-order valence-electron chi connectivity index (χ1n) is 5.86. The molecule has 0 aromatic rings. The number of unbranched alkanes of at least 4 members (excludes halogenated alkanes) is 2. The van der Waals surface area contributed by atoms with Crippen molar-refractivity contribution < 1.29 is 0 Å². The molecular weight excluding hydrogens is 160 g/mol. The Bertz CT molecular complexity index is 107. The fourth-order valence-electron chi connectivity index (χ4n) is 1.87. The molecule has 0 unspecified atom stereocenters. The highest BCUT2D eigenvalue weighted by molar-refractivity contribution is 4.64. The summed E-state index contributed by atoms with van der Waals surface area (Å²) in [4.78, 5) is 2.61. The summed E-state index contributed by atoms with van der Waals surface area (Å²) in [7, 11) is 0. The highest BCUT2D eigenvalue weighted by atomic mass is 15.1. The Morgan fingerprint density at radius 3 is 2.85 bits per heavy atom. The SMILES string of the molecule is CCCCCN1CCCCNCC1. The van der Waals surface area contributed by atoms with E-state index >= 15 is 0 Å². The quantitative estimate of drug-likeness (QED) is 0.671. The largest absolute Gasteiger partial charge is 0.315 e. The molecule has 1 heterocycles. The van der Waals surface area contributed by atoms with Gasteiger partial charge in [-0.2, -0.15) is 0 Å². The second-order valence-electron chi connectivity index (χ2n) is 4.01. The van der Waals surface area contributed by atoms with Gasteiger partial charge in [0.1, 0.15) is 0 Å². The van der Waals surface area contributed by atoms with Crippen LogP contribution in [-0.4, -0.2) is 37.6 Å². The second-order valence-corrected chi connectivity index (χ2v) is 4.01. The minimum Gasteiger partial charge on any atom is -0.315 e. The van der Waals surface area contributed by atoms with Crippen LogP contribution in [0.4, 0.5) is 0 Å². The van der Waals surface area contributed by atoms with Crippen molar-refractivity contribution in [2.45, 2.75) is 39.0 Å². The van der Waals surface area contributed by atoms with E-state index in [4.69, 9.17) is 0 Å². The van der Waals surface area contributed by atoms with Gasteiger partial charge in [0.2, 0.25) is 0 Å². The van der Waals surface area contributed by atoms with Gasteiger partial charge in [-0.15, -0.1) is 0 Å². The molecule has 1 rings (SSSR count). The molecule has 1 N–H and O–H groups in total. The Hall–Kier alpha value is -0.0800. The third kappa shape index (κ3) is 5.27. The van der Waals surface area contributed by atoms with Crippen molar-refractivity contribution in [2.24, 2.45) is 0 Å². The van der Waals surface area contributed by atoms with Crippen LogP contribution in [0.15, 0.2) is 0 Å². The van der Waals surface area contributed by atoms with E-state index in [0.717, 1.165) is 0 Å². The average Bonchev–Trinajstić information content (AvgIpc) is 2.08. The number of rotatable bonds is 4. The number of nitrogens with one attached hydrogen (secondary N) is 1. The van der Waals surface area contributed by atoms with Crippen molar-refractivity contribution in [2.75, 3.05) is 32.7 Å². The predicted octanol–water partition coefficient (Wildman–Crippen LogP) is 1.86. The van der Waals surface area contributed by atoms with Crippen molar-refractivity contribution >= 4 is 0 Å². The Balaban J connectivity index is 2.06. The van der Waals surface area contributed by atoms with Crippen LogP contribution < -0.4 is 5.32 Å². The lowest BCUT2D eigenvalue weighted by Gasteiger charge is -2.24. The Kier molecular flexibility index (Phi) is 6.21. The van der Waals surface area contributed by atoms with Gasteiger partial charge in [0.05, 0.1) is 0 Å². The Morgan fingerprint density at radius 1 is 1.08 bits per heavy atom. The summed E-state index contributed by atoms with van der Waals surface area (Å²) in [6.07, 6.45) is 6.84. The molecule has 2 heteroatoms. The number of hydrogen-bond acceptors (Lipinski definition) is 2. The van der Waals surface area contributed by atoms with Gasteiger partial charge in [-0.05, 0) is 38.9 Å². The first-order valence-corrected chi connectivity index (χ1v) is 5.86. The van der Waals surface area contributed by atoms with Crippen LogP contribution >= 0.6 is 0 Å². The van der Waals surface area contributed by atoms with Gasteiger partial charge in [-0.1, -0.05) is 19.8 Å². The van der Waals surface area contributed by atoms with E-state index < -0.39 is 0 Å². The molecule has 0 bridgehead atoms. The maximum absolute atomic E-state index is 3.47. The first-order chi connectivity index (χ1) is 6.43. The molecule has 0 amide bonds. The minimum atomic E-state index is 1.19. The van der Waals surface area contributed by atoms with Gasteiger partial charge < -0.3 is 10.2 Å². The molecule has 1 fully saturated rings. The van der Waals surface area contributed by atoms with Crippen molar-refractivity contribution in [1.29, 1.82) is 0 Å². The van der Waals surface area contributed by atoms with Gasteiger partial charge in [-0.3, -0.25) is 0 Å². The van der Waals surface area contributed by atoms with E-state index in [0.29, 0.717) is 0 Å². The van der Waals surface area contributed by atoms with Crippen LogP contribution in [0.5, 0.6) is 0 Å². The minimum absolute atomic E-state index is 1.19. The first kappa shape index (κ1) is 11.0. The molecule has 0 saturated carbocycles. The summed E-state index contributed by atoms with van der Waals surface area (Å²) in [6.45, 7) is 8.58. The standard InChI is InChI=1S/C11H24N2/c1-2-3-5-9-13-10-6-4-7-12-8-11-13/h12H,2-11H2,1H3. The van der Waals surface area contributed by atoms with Crippen LogP contribution in [0.1, 0.15) is 39.0 Å². The summed E-state index contributed by atoms with van der Waals surface area (Å²) in [6, 6.07) is 0. The molecule has 1 saturated heterocycles. The Labute approximate surface area is 82.7 Å². The normalized spacial score (nSPS) is 21.0. The molecule has 1 aliphatic heterocycles. The molecule has 0 aliphatic carbocycles. The van der Waals surface area contributed by atoms with Crippen LogP contribution in [-0.2, 0) is 0 Å². The van der Waals surface area contributed by atoms with Crippen molar-refractivity contribution in [3.8, 4) is 0 Å². The van der Waals surface area contributed by atoms with Gasteiger partial charge in [0.15, 0.2) is 0 Å². The monoisotopic (exact) mass is 184 g/mol. The molecule has 0 aromatic carbocycles. The third-order valence-electron chi connectivity index (χ3n) is 2.76. The lowest BCUT2D eigenvalue weighted by Crippen LogP contribution is -2.36. The molecule has 1 aliphatic rings. The van der Waals surface area contributed by atoms with E-state index in [9.17, 15) is 0 Å². The lowest BCUT2D eigenvalue weighted by molar-refractivity contribution is 0.250. The highest BCUT2D eigenvalue weighted by Gasteiger charge is 2.06. The van der Waals surface area contributed by atoms with Crippen LogP contribution in [0, 0.1) is 0 Å². The molecule has 0 spiro atoms. The molecule has 0 radical (unpaired) electrons. The summed E-state index contributed by atoms with van der Waals surface area (Å²) in [5, 5.41) is 3.47. The third-order valence-corrected chi connectivity index (χ3v) is 2.76. The van der Waals surface area contributed by atoms with E-state index in [2.05, 4.69) is 17.1 Å². The lowest BCUT2D eigenvalue weighted by atomic mass is 10.2. The summed E-state index contributed by atoms with van der Waals surface area (Å²) < 4.78 is 0. The molecular formula is C11H24N2. The van der Waals surface area contributed by atoms with Gasteiger partial charge in [-0.25, -0.2) is 0 Å². The van der Waals surface area contributed by atoms with Crippen LogP contribution in [0.2, 0.25) is 0 Å². The maximum atomic E-state index is 3.47. The fourth-order valence-corrected chi connectivity index (χ4v) is 1.87. The van der Waals surface area contributed by atoms with Gasteiger partial charge in [0.25, 0.3) is 0 Å². The molecule has 0 aromatic heterocycles. The molecule has 0 atom stereocenters. The zero-order valence-corrected chi connectivity index (χ0v) is 9.02. The van der Waals surface area contributed by atoms with Crippen molar-refractivity contribution in [1.82, 2.24) is 10.2 Å². The summed E-state index contributed by atoms with van der Waals surface area (Å²) in [5.74, 6) is 0. The Morgan fingerprint density at radius 2 is 2.00 bits per heavy atom. The second kappa shape index (κ2) is 7.34.